The van der Waals surface area contributed by atoms with Crippen LogP contribution >= 0.6 is 0 Å². The van der Waals surface area contributed by atoms with E-state index in [0.29, 0.717) is 17.4 Å². The van der Waals surface area contributed by atoms with Crippen LogP contribution in [0.3, 0.4) is 0 Å². The topological polar surface area (TPSA) is 111 Å². The van der Waals surface area contributed by atoms with E-state index in [9.17, 15) is 19.5 Å². The number of ether oxygens (including phenoxy) is 4. The largest absolute Gasteiger partial charge is 0.545 e. The Balaban J connectivity index is 4.15. The van der Waals surface area contributed by atoms with E-state index >= 15 is 0 Å². The first-order valence-electron chi connectivity index (χ1n) is 33.7. The summed E-state index contributed by atoms with van der Waals surface area (Å²) in [5.41, 5.74) is 0. The quantitative estimate of drug-likeness (QED) is 0.0195. The van der Waals surface area contributed by atoms with E-state index in [1.807, 2.05) is 21.1 Å². The molecule has 0 rings (SSSR count). The Kier molecular flexibility index (Phi) is 59.8. The van der Waals surface area contributed by atoms with Gasteiger partial charge in [-0.3, -0.25) is 9.59 Å². The van der Waals surface area contributed by atoms with Crippen molar-refractivity contribution in [3.05, 3.63) is 85.1 Å². The van der Waals surface area contributed by atoms with Gasteiger partial charge in [-0.2, -0.15) is 0 Å². The third kappa shape index (κ3) is 63.9. The summed E-state index contributed by atoms with van der Waals surface area (Å²) in [6.07, 6.45) is 80.9. The van der Waals surface area contributed by atoms with E-state index < -0.39 is 24.3 Å². The normalized spacial score (nSPS) is 13.2. The van der Waals surface area contributed by atoms with Gasteiger partial charge in [-0.15, -0.1) is 0 Å². The molecule has 2 unspecified atom stereocenters. The molecule has 0 aliphatic rings. The van der Waals surface area contributed by atoms with Gasteiger partial charge in [-0.05, 0) is 89.9 Å². The Labute approximate surface area is 500 Å². The molecule has 0 saturated carbocycles. The van der Waals surface area contributed by atoms with E-state index in [4.69, 9.17) is 18.9 Å². The average Bonchev–Trinajstić information content (AvgIpc) is 3.44. The zero-order valence-corrected chi connectivity index (χ0v) is 53.4. The first-order chi connectivity index (χ1) is 39.6. The van der Waals surface area contributed by atoms with Crippen molar-refractivity contribution in [1.29, 1.82) is 0 Å². The van der Waals surface area contributed by atoms with Crippen LogP contribution in [0.15, 0.2) is 85.1 Å². The van der Waals surface area contributed by atoms with E-state index in [1.54, 1.807) is 0 Å². The number of allylic oxidation sites excluding steroid dienone is 14. The van der Waals surface area contributed by atoms with Crippen molar-refractivity contribution in [1.82, 2.24) is 0 Å². The fraction of sp³-hybridized carbons (Fsp3) is 0.764. The summed E-state index contributed by atoms with van der Waals surface area (Å²) in [7, 11) is 5.92. The minimum Gasteiger partial charge on any atom is -0.545 e. The zero-order chi connectivity index (χ0) is 59.1. The molecule has 0 aromatic heterocycles. The Bertz CT molecular complexity index is 1600. The van der Waals surface area contributed by atoms with Crippen LogP contribution in [0, 0.1) is 0 Å². The number of hydrogen-bond acceptors (Lipinski definition) is 8. The van der Waals surface area contributed by atoms with Gasteiger partial charge in [-0.25, -0.2) is 0 Å². The molecule has 9 nitrogen and oxygen atoms in total. The van der Waals surface area contributed by atoms with Crippen molar-refractivity contribution in [3.8, 4) is 0 Å². The number of likely N-dealkylation sites (N-methyl/N-ethyl adjacent to an activating group) is 1. The molecule has 0 aromatic carbocycles. The number of unbranched alkanes of at least 4 members (excludes halogenated alkanes) is 33. The van der Waals surface area contributed by atoms with Crippen LogP contribution < -0.4 is 5.11 Å². The first-order valence-corrected chi connectivity index (χ1v) is 33.7. The van der Waals surface area contributed by atoms with Gasteiger partial charge in [0.05, 0.1) is 40.3 Å². The summed E-state index contributed by atoms with van der Waals surface area (Å²) in [4.78, 5) is 37.4. The summed E-state index contributed by atoms with van der Waals surface area (Å²) in [5, 5.41) is 11.8. The van der Waals surface area contributed by atoms with Crippen molar-refractivity contribution in [2.75, 3.05) is 47.5 Å². The number of carboxylic acid groups (broad SMARTS) is 1. The maximum Gasteiger partial charge on any atom is 0.306 e. The first kappa shape index (κ1) is 77.5. The highest BCUT2D eigenvalue weighted by Crippen LogP contribution is 2.17. The molecule has 9 heteroatoms. The predicted molar refractivity (Wildman–Crippen MR) is 343 cm³/mol. The van der Waals surface area contributed by atoms with Crippen molar-refractivity contribution >= 4 is 17.9 Å². The second-order valence-electron chi connectivity index (χ2n) is 23.7. The van der Waals surface area contributed by atoms with Crippen molar-refractivity contribution in [2.45, 2.75) is 309 Å². The number of carbonyl (C=O) groups excluding carboxylic acids is 3. The third-order valence-electron chi connectivity index (χ3n) is 14.6. The van der Waals surface area contributed by atoms with Crippen LogP contribution in [0.25, 0.3) is 0 Å². The molecule has 0 heterocycles. The number of carbonyl (C=O) groups is 3. The lowest BCUT2D eigenvalue weighted by Gasteiger charge is -2.26. The smallest absolute Gasteiger partial charge is 0.306 e. The van der Waals surface area contributed by atoms with Gasteiger partial charge in [0.25, 0.3) is 0 Å². The molecule has 0 radical (unpaired) electrons. The van der Waals surface area contributed by atoms with E-state index in [0.717, 1.165) is 96.3 Å². The molecule has 0 bridgehead atoms. The highest BCUT2D eigenvalue weighted by Gasteiger charge is 2.22. The third-order valence-corrected chi connectivity index (χ3v) is 14.6. The number of nitrogens with zero attached hydrogens (tertiary/aromatic N) is 1. The molecule has 0 aliphatic heterocycles. The molecule has 0 saturated heterocycles. The average molecular weight is 1130 g/mol. The highest BCUT2D eigenvalue weighted by molar-refractivity contribution is 5.70. The van der Waals surface area contributed by atoms with Crippen LogP contribution in [0.4, 0.5) is 0 Å². The summed E-state index contributed by atoms with van der Waals surface area (Å²) < 4.78 is 22.8. The van der Waals surface area contributed by atoms with Crippen LogP contribution in [0.2, 0.25) is 0 Å². The SMILES string of the molecule is CC/C=C\C/C=C\C/C=C\C/C=C\C/C=C\C/C=C\CCCCCCCCC(=O)OC(COC(=O)CCCCCCCCCCCCCCCCCCCCC/C=C\CCCCCCCCCC)COC(OCC[N+](C)(C)C)C(=O)[O-]. The van der Waals surface area contributed by atoms with Gasteiger partial charge in [0, 0.05) is 12.8 Å². The Morgan fingerprint density at radius 3 is 1.06 bits per heavy atom. The van der Waals surface area contributed by atoms with E-state index in [-0.39, 0.29) is 38.6 Å². The lowest BCUT2D eigenvalue weighted by atomic mass is 10.0. The van der Waals surface area contributed by atoms with Crippen LogP contribution in [-0.4, -0.2) is 82.3 Å². The van der Waals surface area contributed by atoms with Crippen LogP contribution in [-0.2, 0) is 33.3 Å². The second-order valence-corrected chi connectivity index (χ2v) is 23.7. The van der Waals surface area contributed by atoms with Crippen molar-refractivity contribution in [2.24, 2.45) is 0 Å². The molecule has 2 atom stereocenters. The minimum absolute atomic E-state index is 0.142. The predicted octanol–water partition coefficient (Wildman–Crippen LogP) is 19.4. The van der Waals surface area contributed by atoms with Crippen molar-refractivity contribution in [3.63, 3.8) is 0 Å². The fourth-order valence-electron chi connectivity index (χ4n) is 9.48. The molecule has 0 N–H and O–H groups in total. The fourth-order valence-corrected chi connectivity index (χ4v) is 9.48. The molecule has 81 heavy (non-hydrogen) atoms. The Morgan fingerprint density at radius 2 is 0.704 bits per heavy atom. The molecule has 0 amide bonds. The van der Waals surface area contributed by atoms with Gasteiger partial charge >= 0.3 is 11.9 Å². The molecule has 0 fully saturated rings. The number of hydrogen-bond donors (Lipinski definition) is 0. The maximum atomic E-state index is 12.9. The highest BCUT2D eigenvalue weighted by atomic mass is 16.7. The number of aliphatic carboxylic acids is 1. The number of quaternary nitrogens is 1. The van der Waals surface area contributed by atoms with E-state index in [1.165, 1.54) is 167 Å². The van der Waals surface area contributed by atoms with Crippen molar-refractivity contribution < 1.29 is 42.9 Å². The minimum atomic E-state index is -1.63. The molecule has 0 aliphatic carbocycles. The summed E-state index contributed by atoms with van der Waals surface area (Å²) in [6, 6.07) is 0. The van der Waals surface area contributed by atoms with Gasteiger partial charge < -0.3 is 33.3 Å². The second kappa shape index (κ2) is 62.5. The number of rotatable bonds is 62. The van der Waals surface area contributed by atoms with Crippen LogP contribution in [0.1, 0.15) is 296 Å². The summed E-state index contributed by atoms with van der Waals surface area (Å²) >= 11 is 0. The molecular formula is C72H127NO8. The standard InChI is InChI=1S/C72H127NO8/c1-6-8-10-12-14-16-18-20-22-24-26-28-30-32-33-34-35-36-37-39-40-42-44-46-48-50-52-54-56-58-60-62-69(74)79-66-68(67-80-72(71(76)77)78-65-64-73(3,4)5)81-70(75)63-61-59-57-55-53-51-49-47-45-43-41-38-31-29-27-25-23-21-19-17-15-13-11-9-7-2/h9,11,15,17,21,23-24,26-27,29,38,41,45,47,68,72H,6-8,10,12-14,16,18-20,22,25,28,30-37,39-40,42-44,46,48-67H2,1-5H3/b11-9-,17-15-,23-21-,26-24-,29-27-,41-38-,47-45-. The Hall–Kier alpha value is -3.53. The Morgan fingerprint density at radius 1 is 0.383 bits per heavy atom. The molecule has 468 valence electrons. The van der Waals surface area contributed by atoms with Gasteiger partial charge in [0.15, 0.2) is 12.4 Å². The summed E-state index contributed by atoms with van der Waals surface area (Å²) in [5.74, 6) is -2.30. The lowest BCUT2D eigenvalue weighted by Crippen LogP contribution is -2.44. The monoisotopic (exact) mass is 1130 g/mol. The maximum absolute atomic E-state index is 12.9. The van der Waals surface area contributed by atoms with Gasteiger partial charge in [0.2, 0.25) is 0 Å². The van der Waals surface area contributed by atoms with Gasteiger partial charge in [-0.1, -0.05) is 279 Å². The van der Waals surface area contributed by atoms with E-state index in [2.05, 4.69) is 98.9 Å². The van der Waals surface area contributed by atoms with Crippen LogP contribution in [0.5, 0.6) is 0 Å². The number of carboxylic acids is 1. The molecule has 0 spiro atoms. The zero-order valence-electron chi connectivity index (χ0n) is 53.4. The molecule has 0 aromatic rings. The van der Waals surface area contributed by atoms with Gasteiger partial charge in [0.1, 0.15) is 13.2 Å². The molecular weight excluding hydrogens is 1010 g/mol. The lowest BCUT2D eigenvalue weighted by molar-refractivity contribution is -0.870. The summed E-state index contributed by atoms with van der Waals surface area (Å²) in [6.45, 7) is 4.64. The number of esters is 2.